The number of ether oxygens (including phenoxy) is 8. The van der Waals surface area contributed by atoms with Crippen LogP contribution < -0.4 is 10.6 Å². The molecule has 19 heteroatoms. The van der Waals surface area contributed by atoms with Gasteiger partial charge in [0.25, 0.3) is 17.5 Å². The summed E-state index contributed by atoms with van der Waals surface area (Å²) in [6, 6.07) is 1.40. The Kier molecular flexibility index (Phi) is 22.5. The standard InChI is InChI=1S/C42H67N3O16/c1-39(2,3)58-33(46)13-17-54-24-30(25-55-18-14-34(47)59-40(4,5)6)43-37(50)28-21-29(23-32(22-28)45(52)53)38(51)44-31(26-56-19-15-35(48)60-41(7,8)9)27-57-20-16-36(49)61-42(10,11)12/h21-23,30-31H,13-20,24-27H2,1-12H3,(H,43,50)(H,44,51). The van der Waals surface area contributed by atoms with Gasteiger partial charge in [0, 0.05) is 23.3 Å². The Morgan fingerprint density at radius 2 is 0.738 bits per heavy atom. The average Bonchev–Trinajstić information content (AvgIpc) is 3.08. The third-order valence-electron chi connectivity index (χ3n) is 7.08. The summed E-state index contributed by atoms with van der Waals surface area (Å²) in [7, 11) is 0. The van der Waals surface area contributed by atoms with E-state index in [0.29, 0.717) is 0 Å². The maximum Gasteiger partial charge on any atom is 0.308 e. The number of carbonyl (C=O) groups is 6. The smallest absolute Gasteiger partial charge is 0.308 e. The zero-order valence-electron chi connectivity index (χ0n) is 37.9. The molecule has 0 aliphatic carbocycles. The highest BCUT2D eigenvalue weighted by atomic mass is 16.6. The van der Waals surface area contributed by atoms with E-state index in [0.717, 1.165) is 18.2 Å². The number of non-ortho nitro benzene ring substituents is 1. The number of carbonyl (C=O) groups excluding carboxylic acids is 6. The van der Waals surface area contributed by atoms with Crippen LogP contribution in [0.1, 0.15) is 129 Å². The van der Waals surface area contributed by atoms with Gasteiger partial charge in [-0.25, -0.2) is 0 Å². The van der Waals surface area contributed by atoms with E-state index >= 15 is 0 Å². The number of nitrogens with zero attached hydrogens (tertiary/aromatic N) is 1. The number of hydrogen-bond acceptors (Lipinski definition) is 16. The monoisotopic (exact) mass is 869 g/mol. The molecule has 0 atom stereocenters. The Morgan fingerprint density at radius 1 is 0.492 bits per heavy atom. The molecule has 0 aromatic heterocycles. The Hall–Kier alpha value is -4.72. The summed E-state index contributed by atoms with van der Waals surface area (Å²) >= 11 is 0. The molecule has 0 radical (unpaired) electrons. The van der Waals surface area contributed by atoms with E-state index in [-0.39, 0.29) is 89.7 Å². The van der Waals surface area contributed by atoms with Crippen molar-refractivity contribution in [2.45, 2.75) is 143 Å². The van der Waals surface area contributed by atoms with Gasteiger partial charge in [-0.05, 0) is 89.2 Å². The number of rotatable bonds is 25. The van der Waals surface area contributed by atoms with E-state index in [4.69, 9.17) is 37.9 Å². The van der Waals surface area contributed by atoms with Crippen molar-refractivity contribution in [1.29, 1.82) is 0 Å². The summed E-state index contributed by atoms with van der Waals surface area (Å²) in [6.45, 7) is 19.8. The van der Waals surface area contributed by atoms with Crippen LogP contribution in [0, 0.1) is 10.1 Å². The summed E-state index contributed by atoms with van der Waals surface area (Å²) in [5.41, 5.74) is -3.83. The molecular weight excluding hydrogens is 802 g/mol. The molecule has 0 saturated carbocycles. The lowest BCUT2D eigenvalue weighted by atomic mass is 10.1. The predicted molar refractivity (Wildman–Crippen MR) is 221 cm³/mol. The summed E-state index contributed by atoms with van der Waals surface area (Å²) in [4.78, 5) is 87.1. The summed E-state index contributed by atoms with van der Waals surface area (Å²) in [6.07, 6.45) is -0.312. The van der Waals surface area contributed by atoms with Crippen LogP contribution in [0.2, 0.25) is 0 Å². The van der Waals surface area contributed by atoms with Gasteiger partial charge in [0.15, 0.2) is 0 Å². The molecule has 0 unspecified atom stereocenters. The Balaban J connectivity index is 3.19. The van der Waals surface area contributed by atoms with Crippen molar-refractivity contribution in [1.82, 2.24) is 10.6 Å². The summed E-state index contributed by atoms with van der Waals surface area (Å²) < 4.78 is 43.7. The molecule has 2 amide bonds. The third kappa shape index (κ3) is 27.7. The van der Waals surface area contributed by atoms with Crippen molar-refractivity contribution in [2.75, 3.05) is 52.9 Å². The first-order valence-corrected chi connectivity index (χ1v) is 20.1. The molecular formula is C42H67N3O16. The lowest BCUT2D eigenvalue weighted by Crippen LogP contribution is -2.43. The molecule has 0 saturated heterocycles. The molecule has 1 aromatic carbocycles. The molecule has 0 aliphatic heterocycles. The van der Waals surface area contributed by atoms with E-state index in [1.165, 1.54) is 0 Å². The van der Waals surface area contributed by atoms with Crippen molar-refractivity contribution in [2.24, 2.45) is 0 Å². The first-order valence-electron chi connectivity index (χ1n) is 20.1. The van der Waals surface area contributed by atoms with E-state index in [2.05, 4.69) is 10.6 Å². The number of nitro groups is 1. The number of esters is 4. The zero-order chi connectivity index (χ0) is 46.6. The molecule has 0 bridgehead atoms. The number of benzene rings is 1. The quantitative estimate of drug-likeness (QED) is 0.0441. The maximum atomic E-state index is 13.6. The van der Waals surface area contributed by atoms with E-state index < -0.39 is 80.8 Å². The van der Waals surface area contributed by atoms with Crippen molar-refractivity contribution in [3.8, 4) is 0 Å². The fourth-order valence-electron chi connectivity index (χ4n) is 4.87. The first kappa shape index (κ1) is 54.3. The summed E-state index contributed by atoms with van der Waals surface area (Å²) in [5, 5.41) is 17.3. The molecule has 0 spiro atoms. The van der Waals surface area contributed by atoms with Gasteiger partial charge in [-0.15, -0.1) is 0 Å². The fourth-order valence-corrected chi connectivity index (χ4v) is 4.87. The van der Waals surface area contributed by atoms with E-state index in [1.807, 2.05) is 0 Å². The van der Waals surface area contributed by atoms with Gasteiger partial charge in [0.1, 0.15) is 22.4 Å². The van der Waals surface area contributed by atoms with Gasteiger partial charge in [0.2, 0.25) is 0 Å². The Bertz CT molecular complexity index is 1440. The maximum absolute atomic E-state index is 13.6. The second kappa shape index (κ2) is 25.3. The molecule has 2 N–H and O–H groups in total. The van der Waals surface area contributed by atoms with Crippen LogP contribution >= 0.6 is 0 Å². The molecule has 0 aliphatic rings. The number of nitro benzene ring substituents is 1. The van der Waals surface area contributed by atoms with Crippen LogP contribution in [0.4, 0.5) is 5.69 Å². The summed E-state index contributed by atoms with van der Waals surface area (Å²) in [5.74, 6) is -3.61. The minimum Gasteiger partial charge on any atom is -0.460 e. The molecule has 1 rings (SSSR count). The van der Waals surface area contributed by atoms with Gasteiger partial charge < -0.3 is 48.5 Å². The van der Waals surface area contributed by atoms with Gasteiger partial charge in [-0.2, -0.15) is 0 Å². The van der Waals surface area contributed by atoms with Crippen LogP contribution in [-0.2, 0) is 57.1 Å². The first-order chi connectivity index (χ1) is 28.0. The lowest BCUT2D eigenvalue weighted by molar-refractivity contribution is -0.384. The van der Waals surface area contributed by atoms with Crippen LogP contribution in [0.3, 0.4) is 0 Å². The van der Waals surface area contributed by atoms with Crippen molar-refractivity contribution in [3.63, 3.8) is 0 Å². The normalized spacial score (nSPS) is 12.2. The van der Waals surface area contributed by atoms with Crippen LogP contribution in [0.5, 0.6) is 0 Å². The van der Waals surface area contributed by atoms with Gasteiger partial charge >= 0.3 is 23.9 Å². The van der Waals surface area contributed by atoms with Gasteiger partial charge in [0.05, 0.1) is 95.5 Å². The minimum absolute atomic E-state index is 0.0586. The van der Waals surface area contributed by atoms with E-state index in [1.54, 1.807) is 83.1 Å². The van der Waals surface area contributed by atoms with E-state index in [9.17, 15) is 38.9 Å². The molecule has 61 heavy (non-hydrogen) atoms. The average molecular weight is 870 g/mol. The fraction of sp³-hybridized carbons (Fsp3) is 0.714. The molecule has 0 heterocycles. The topological polar surface area (TPSA) is 243 Å². The number of nitrogens with one attached hydrogen (secondary N) is 2. The Morgan fingerprint density at radius 3 is 0.951 bits per heavy atom. The molecule has 1 aromatic rings. The van der Waals surface area contributed by atoms with Crippen molar-refractivity contribution in [3.05, 3.63) is 39.4 Å². The zero-order valence-corrected chi connectivity index (χ0v) is 37.9. The highest BCUT2D eigenvalue weighted by molar-refractivity contribution is 6.01. The van der Waals surface area contributed by atoms with Crippen LogP contribution in [0.15, 0.2) is 18.2 Å². The van der Waals surface area contributed by atoms with Crippen molar-refractivity contribution < 1.29 is 71.6 Å². The van der Waals surface area contributed by atoms with Crippen LogP contribution in [0.25, 0.3) is 0 Å². The predicted octanol–water partition coefficient (Wildman–Crippen LogP) is 4.79. The third-order valence-corrected chi connectivity index (χ3v) is 7.08. The SMILES string of the molecule is CC(C)(C)OC(=O)CCOCC(COCCC(=O)OC(C)(C)C)NC(=O)c1cc(C(=O)NC(COCCC(=O)OC(C)(C)C)COCCC(=O)OC(C)(C)C)cc([N+](=O)[O-])c1. The second-order valence-corrected chi connectivity index (χ2v) is 18.0. The number of amides is 2. The molecule has 346 valence electrons. The molecule has 19 nitrogen and oxygen atoms in total. The molecule has 0 fully saturated rings. The number of hydrogen-bond donors (Lipinski definition) is 2. The Labute approximate surface area is 358 Å². The van der Waals surface area contributed by atoms with Crippen molar-refractivity contribution >= 4 is 41.4 Å². The van der Waals surface area contributed by atoms with Crippen LogP contribution in [-0.4, -0.2) is 128 Å². The van der Waals surface area contributed by atoms with Gasteiger partial charge in [-0.3, -0.25) is 38.9 Å². The largest absolute Gasteiger partial charge is 0.460 e. The minimum atomic E-state index is -0.874. The lowest BCUT2D eigenvalue weighted by Gasteiger charge is -2.22. The van der Waals surface area contributed by atoms with Gasteiger partial charge in [-0.1, -0.05) is 0 Å². The highest BCUT2D eigenvalue weighted by Crippen LogP contribution is 2.19. The second-order valence-electron chi connectivity index (χ2n) is 18.0. The highest BCUT2D eigenvalue weighted by Gasteiger charge is 2.25.